The molecule has 1 atom stereocenters. The van der Waals surface area contributed by atoms with Gasteiger partial charge in [-0.15, -0.1) is 0 Å². The number of esters is 1. The molecule has 0 fully saturated rings. The SMILES string of the molecule is COC(=O)C1=C(C)N=C2SC=C(CC(=O)NCc3ccco3)N2[C@@H]1c1ccc(OC)cc1OC. The maximum absolute atomic E-state index is 12.9. The molecule has 2 aromatic rings. The number of nitrogens with one attached hydrogen (secondary N) is 1. The predicted octanol–water partition coefficient (Wildman–Crippen LogP) is 3.75. The minimum absolute atomic E-state index is 0.0925. The lowest BCUT2D eigenvalue weighted by Gasteiger charge is -2.36. The predicted molar refractivity (Wildman–Crippen MR) is 127 cm³/mol. The van der Waals surface area contributed by atoms with Crippen LogP contribution in [0.1, 0.15) is 30.7 Å². The number of furan rings is 1. The summed E-state index contributed by atoms with van der Waals surface area (Å²) in [7, 11) is 4.47. The molecule has 178 valence electrons. The van der Waals surface area contributed by atoms with Gasteiger partial charge in [0.25, 0.3) is 0 Å². The van der Waals surface area contributed by atoms with Crippen LogP contribution in [0.4, 0.5) is 0 Å². The summed E-state index contributed by atoms with van der Waals surface area (Å²) in [4.78, 5) is 32.1. The standard InChI is InChI=1S/C24H25N3O6S/c1-14-21(23(29)32-4)22(18-8-7-16(30-2)11-19(18)31-3)27-15(13-34-24(27)26-14)10-20(28)25-12-17-6-5-9-33-17/h5-9,11,13,22H,10,12H2,1-4H3,(H,25,28)/t22-/m1/s1. The van der Waals surface area contributed by atoms with Crippen LogP contribution in [0.25, 0.3) is 0 Å². The summed E-state index contributed by atoms with van der Waals surface area (Å²) in [6.45, 7) is 2.06. The van der Waals surface area contributed by atoms with E-state index < -0.39 is 12.0 Å². The highest BCUT2D eigenvalue weighted by Crippen LogP contribution is 2.47. The molecule has 4 rings (SSSR count). The normalized spacial score (nSPS) is 17.1. The van der Waals surface area contributed by atoms with E-state index in [9.17, 15) is 9.59 Å². The van der Waals surface area contributed by atoms with Crippen LogP contribution in [-0.4, -0.2) is 43.3 Å². The first kappa shape index (κ1) is 23.5. The van der Waals surface area contributed by atoms with Crippen LogP contribution in [0.15, 0.2) is 68.4 Å². The van der Waals surface area contributed by atoms with Crippen LogP contribution in [0.2, 0.25) is 0 Å². The Balaban J connectivity index is 1.69. The van der Waals surface area contributed by atoms with Crippen LogP contribution in [0.3, 0.4) is 0 Å². The van der Waals surface area contributed by atoms with Gasteiger partial charge in [0.1, 0.15) is 17.3 Å². The number of fused-ring (bicyclic) bond motifs is 1. The van der Waals surface area contributed by atoms with E-state index >= 15 is 0 Å². The van der Waals surface area contributed by atoms with Crippen LogP contribution in [-0.2, 0) is 20.9 Å². The molecule has 0 spiro atoms. The van der Waals surface area contributed by atoms with Gasteiger partial charge in [-0.05, 0) is 36.6 Å². The van der Waals surface area contributed by atoms with Gasteiger partial charge >= 0.3 is 5.97 Å². The molecule has 1 amide bonds. The summed E-state index contributed by atoms with van der Waals surface area (Å²) in [5.74, 6) is 1.14. The molecule has 0 bridgehead atoms. The third kappa shape index (κ3) is 4.54. The number of hydrogen-bond donors (Lipinski definition) is 1. The molecular formula is C24H25N3O6S. The minimum atomic E-state index is -0.597. The van der Waals surface area contributed by atoms with Gasteiger partial charge in [-0.2, -0.15) is 0 Å². The van der Waals surface area contributed by atoms with Crippen LogP contribution in [0.5, 0.6) is 11.5 Å². The fourth-order valence-electron chi connectivity index (χ4n) is 3.91. The number of nitrogens with zero attached hydrogens (tertiary/aromatic N) is 2. The maximum atomic E-state index is 12.9. The molecule has 0 saturated carbocycles. The van der Waals surface area contributed by atoms with Crippen molar-refractivity contribution in [2.45, 2.75) is 25.9 Å². The summed E-state index contributed by atoms with van der Waals surface area (Å²) in [6, 6.07) is 8.37. The summed E-state index contributed by atoms with van der Waals surface area (Å²) in [5, 5.41) is 5.40. The Bertz CT molecular complexity index is 1190. The number of amides is 1. The fourth-order valence-corrected chi connectivity index (χ4v) is 4.87. The van der Waals surface area contributed by atoms with E-state index in [0.717, 1.165) is 5.56 Å². The van der Waals surface area contributed by atoms with E-state index in [2.05, 4.69) is 10.3 Å². The molecule has 0 aliphatic carbocycles. The third-order valence-electron chi connectivity index (χ3n) is 5.52. The molecule has 1 aromatic carbocycles. The monoisotopic (exact) mass is 483 g/mol. The largest absolute Gasteiger partial charge is 0.497 e. The van der Waals surface area contributed by atoms with Crippen LogP contribution < -0.4 is 14.8 Å². The number of rotatable bonds is 8. The molecule has 0 saturated heterocycles. The van der Waals surface area contributed by atoms with Gasteiger partial charge in [-0.25, -0.2) is 9.79 Å². The number of benzene rings is 1. The molecule has 2 aliphatic rings. The second-order valence-corrected chi connectivity index (χ2v) is 8.36. The Morgan fingerprint density at radius 3 is 2.71 bits per heavy atom. The van der Waals surface area contributed by atoms with Gasteiger partial charge in [-0.1, -0.05) is 11.8 Å². The lowest BCUT2D eigenvalue weighted by atomic mass is 9.93. The topological polar surface area (TPSA) is 103 Å². The van der Waals surface area contributed by atoms with E-state index in [0.29, 0.717) is 39.4 Å². The Hall–Kier alpha value is -3.66. The first-order valence-electron chi connectivity index (χ1n) is 10.5. The van der Waals surface area contributed by atoms with Gasteiger partial charge in [0.2, 0.25) is 5.91 Å². The Morgan fingerprint density at radius 2 is 2.03 bits per heavy atom. The molecule has 34 heavy (non-hydrogen) atoms. The van der Waals surface area contributed by atoms with Gasteiger partial charge in [0.15, 0.2) is 5.17 Å². The highest BCUT2D eigenvalue weighted by Gasteiger charge is 2.42. The number of hydrogen-bond acceptors (Lipinski definition) is 9. The molecule has 3 heterocycles. The highest BCUT2D eigenvalue weighted by molar-refractivity contribution is 8.16. The lowest BCUT2D eigenvalue weighted by Crippen LogP contribution is -2.38. The highest BCUT2D eigenvalue weighted by atomic mass is 32.2. The van der Waals surface area contributed by atoms with E-state index in [-0.39, 0.29) is 18.9 Å². The molecular weight excluding hydrogens is 458 g/mol. The zero-order valence-corrected chi connectivity index (χ0v) is 20.1. The number of carbonyl (C=O) groups excluding carboxylic acids is 2. The molecule has 9 nitrogen and oxygen atoms in total. The number of methoxy groups -OCH3 is 3. The van der Waals surface area contributed by atoms with Gasteiger partial charge in [0.05, 0.1) is 57.9 Å². The maximum Gasteiger partial charge on any atom is 0.338 e. The molecule has 10 heteroatoms. The first-order valence-corrected chi connectivity index (χ1v) is 11.4. The molecule has 1 aromatic heterocycles. The summed E-state index contributed by atoms with van der Waals surface area (Å²) in [6.07, 6.45) is 1.65. The number of amidine groups is 1. The fraction of sp³-hybridized carbons (Fsp3) is 0.292. The second kappa shape index (κ2) is 10.1. The minimum Gasteiger partial charge on any atom is -0.497 e. The summed E-state index contributed by atoms with van der Waals surface area (Å²) in [5.41, 5.74) is 2.35. The lowest BCUT2D eigenvalue weighted by molar-refractivity contribution is -0.136. The van der Waals surface area contributed by atoms with Crippen LogP contribution in [0, 0.1) is 0 Å². The van der Waals surface area contributed by atoms with Crippen molar-refractivity contribution < 1.29 is 28.2 Å². The Morgan fingerprint density at radius 1 is 1.21 bits per heavy atom. The molecule has 0 unspecified atom stereocenters. The molecule has 2 aliphatic heterocycles. The molecule has 1 N–H and O–H groups in total. The number of allylic oxidation sites excluding steroid dienone is 1. The number of carbonyl (C=O) groups is 2. The first-order chi connectivity index (χ1) is 16.5. The van der Waals surface area contributed by atoms with Gasteiger partial charge in [0, 0.05) is 17.3 Å². The number of aliphatic imine (C=N–C) groups is 1. The summed E-state index contributed by atoms with van der Waals surface area (Å²) < 4.78 is 21.4. The quantitative estimate of drug-likeness (QED) is 0.567. The van der Waals surface area contributed by atoms with Crippen molar-refractivity contribution in [3.63, 3.8) is 0 Å². The second-order valence-electron chi connectivity index (χ2n) is 7.53. The smallest absolute Gasteiger partial charge is 0.338 e. The number of thioether (sulfide) groups is 1. The Labute approximate surface area is 201 Å². The van der Waals surface area contributed by atoms with Gasteiger partial charge < -0.3 is 28.8 Å². The van der Waals surface area contributed by atoms with Crippen LogP contribution >= 0.6 is 11.8 Å². The van der Waals surface area contributed by atoms with Crippen molar-refractivity contribution in [3.05, 3.63) is 70.3 Å². The van der Waals surface area contributed by atoms with Crippen molar-refractivity contribution >= 4 is 28.8 Å². The summed E-state index contributed by atoms with van der Waals surface area (Å²) >= 11 is 1.40. The average Bonchev–Trinajstić information content (AvgIpc) is 3.51. The van der Waals surface area contributed by atoms with Gasteiger partial charge in [-0.3, -0.25) is 4.79 Å². The van der Waals surface area contributed by atoms with Crippen molar-refractivity contribution in [2.24, 2.45) is 4.99 Å². The van der Waals surface area contributed by atoms with Crippen molar-refractivity contribution in [1.82, 2.24) is 10.2 Å². The van der Waals surface area contributed by atoms with Crippen molar-refractivity contribution in [3.8, 4) is 11.5 Å². The molecule has 0 radical (unpaired) electrons. The van der Waals surface area contributed by atoms with E-state index in [4.69, 9.17) is 18.6 Å². The van der Waals surface area contributed by atoms with Crippen molar-refractivity contribution in [2.75, 3.05) is 21.3 Å². The number of ether oxygens (including phenoxy) is 3. The zero-order valence-electron chi connectivity index (χ0n) is 19.3. The Kier molecular flexibility index (Phi) is 6.97. The van der Waals surface area contributed by atoms with Crippen molar-refractivity contribution in [1.29, 1.82) is 0 Å². The van der Waals surface area contributed by atoms with E-state index in [1.165, 1.54) is 18.9 Å². The van der Waals surface area contributed by atoms with E-state index in [1.807, 2.05) is 16.4 Å². The zero-order chi connectivity index (χ0) is 24.2. The third-order valence-corrected chi connectivity index (χ3v) is 6.41. The van der Waals surface area contributed by atoms with E-state index in [1.54, 1.807) is 51.7 Å². The average molecular weight is 484 g/mol.